The standard InChI is InChI=1S/C10H7ClN4O3/c11-7-5(2-1-3-13-7)10(17)18-9-6(8(12)16)14-4-15-9/h1-4H,(H2,12,16)(H,14,15). The quantitative estimate of drug-likeness (QED) is 0.630. The van der Waals surface area contributed by atoms with Gasteiger partial charge in [0.05, 0.1) is 11.9 Å². The number of primary amides is 1. The van der Waals surface area contributed by atoms with E-state index in [0.29, 0.717) is 0 Å². The van der Waals surface area contributed by atoms with Crippen molar-refractivity contribution in [1.82, 2.24) is 15.0 Å². The molecule has 2 aromatic heterocycles. The first-order valence-electron chi connectivity index (χ1n) is 4.75. The molecule has 2 heterocycles. The van der Waals surface area contributed by atoms with Crippen LogP contribution in [0.3, 0.4) is 0 Å². The van der Waals surface area contributed by atoms with Gasteiger partial charge in [-0.1, -0.05) is 11.6 Å². The molecule has 0 unspecified atom stereocenters. The predicted molar refractivity (Wildman–Crippen MR) is 61.3 cm³/mol. The second-order valence-electron chi connectivity index (χ2n) is 3.18. The molecule has 0 bridgehead atoms. The van der Waals surface area contributed by atoms with E-state index in [4.69, 9.17) is 22.1 Å². The molecule has 0 saturated carbocycles. The van der Waals surface area contributed by atoms with Crippen LogP contribution in [0, 0.1) is 0 Å². The van der Waals surface area contributed by atoms with Crippen LogP contribution in [0.2, 0.25) is 5.15 Å². The summed E-state index contributed by atoms with van der Waals surface area (Å²) in [6.45, 7) is 0. The van der Waals surface area contributed by atoms with E-state index >= 15 is 0 Å². The number of hydrogen-bond acceptors (Lipinski definition) is 5. The van der Waals surface area contributed by atoms with Gasteiger partial charge in [-0.25, -0.2) is 14.8 Å². The molecule has 0 radical (unpaired) electrons. The summed E-state index contributed by atoms with van der Waals surface area (Å²) in [5.74, 6) is -1.76. The van der Waals surface area contributed by atoms with Crippen LogP contribution in [-0.4, -0.2) is 26.8 Å². The molecule has 92 valence electrons. The van der Waals surface area contributed by atoms with Crippen LogP contribution in [0.15, 0.2) is 24.7 Å². The molecule has 3 N–H and O–H groups in total. The highest BCUT2D eigenvalue weighted by Crippen LogP contribution is 2.17. The molecule has 1 amide bonds. The molecule has 0 aromatic carbocycles. The van der Waals surface area contributed by atoms with Crippen molar-refractivity contribution in [2.24, 2.45) is 5.73 Å². The van der Waals surface area contributed by atoms with Gasteiger partial charge in [0.25, 0.3) is 11.8 Å². The average molecular weight is 267 g/mol. The smallest absolute Gasteiger partial charge is 0.348 e. The van der Waals surface area contributed by atoms with Crippen LogP contribution in [-0.2, 0) is 0 Å². The van der Waals surface area contributed by atoms with Crippen LogP contribution in [0.1, 0.15) is 20.8 Å². The van der Waals surface area contributed by atoms with Gasteiger partial charge in [0.15, 0.2) is 5.69 Å². The van der Waals surface area contributed by atoms with Crippen molar-refractivity contribution < 1.29 is 14.3 Å². The molecule has 18 heavy (non-hydrogen) atoms. The molecule has 2 rings (SSSR count). The summed E-state index contributed by atoms with van der Waals surface area (Å²) < 4.78 is 4.91. The lowest BCUT2D eigenvalue weighted by Gasteiger charge is -2.03. The van der Waals surface area contributed by atoms with Gasteiger partial charge in [-0.15, -0.1) is 0 Å². The van der Waals surface area contributed by atoms with E-state index in [0.717, 1.165) is 0 Å². The highest BCUT2D eigenvalue weighted by atomic mass is 35.5. The number of aromatic amines is 1. The van der Waals surface area contributed by atoms with Crippen molar-refractivity contribution in [3.05, 3.63) is 41.1 Å². The van der Waals surface area contributed by atoms with Gasteiger partial charge in [-0.2, -0.15) is 0 Å². The number of halogens is 1. The van der Waals surface area contributed by atoms with Gasteiger partial charge in [0.2, 0.25) is 0 Å². The Morgan fingerprint density at radius 2 is 2.17 bits per heavy atom. The number of esters is 1. The summed E-state index contributed by atoms with van der Waals surface area (Å²) >= 11 is 5.73. The third-order valence-electron chi connectivity index (χ3n) is 2.02. The SMILES string of the molecule is NC(=O)c1[nH]cnc1OC(=O)c1cccnc1Cl. The lowest BCUT2D eigenvalue weighted by atomic mass is 10.3. The number of amides is 1. The van der Waals surface area contributed by atoms with E-state index < -0.39 is 11.9 Å². The van der Waals surface area contributed by atoms with Crippen LogP contribution < -0.4 is 10.5 Å². The Labute approximate surface area is 106 Å². The molecule has 8 heteroatoms. The first-order valence-corrected chi connectivity index (χ1v) is 5.13. The lowest BCUT2D eigenvalue weighted by Crippen LogP contribution is -2.16. The Bertz CT molecular complexity index is 611. The van der Waals surface area contributed by atoms with Gasteiger partial charge < -0.3 is 15.5 Å². The number of hydrogen-bond donors (Lipinski definition) is 2. The number of nitrogens with two attached hydrogens (primary N) is 1. The zero-order chi connectivity index (χ0) is 13.1. The van der Waals surface area contributed by atoms with Gasteiger partial charge in [-0.3, -0.25) is 4.79 Å². The Morgan fingerprint density at radius 1 is 1.39 bits per heavy atom. The molecule has 0 aliphatic carbocycles. The minimum absolute atomic E-state index is 0.00124. The zero-order valence-electron chi connectivity index (χ0n) is 8.88. The molecule has 0 atom stereocenters. The monoisotopic (exact) mass is 266 g/mol. The number of rotatable bonds is 3. The maximum absolute atomic E-state index is 11.8. The Hall–Kier alpha value is -2.41. The molecule has 0 spiro atoms. The first kappa shape index (κ1) is 12.1. The summed E-state index contributed by atoms with van der Waals surface area (Å²) in [4.78, 5) is 32.6. The topological polar surface area (TPSA) is 111 Å². The Morgan fingerprint density at radius 3 is 2.83 bits per heavy atom. The highest BCUT2D eigenvalue weighted by molar-refractivity contribution is 6.32. The summed E-state index contributed by atoms with van der Waals surface area (Å²) in [7, 11) is 0. The predicted octanol–water partition coefficient (Wildman–Crippen LogP) is 0.776. The van der Waals surface area contributed by atoms with Crippen LogP contribution in [0.25, 0.3) is 0 Å². The van der Waals surface area contributed by atoms with Gasteiger partial charge in [0.1, 0.15) is 5.15 Å². The molecule has 0 fully saturated rings. The van der Waals surface area contributed by atoms with Crippen LogP contribution in [0.4, 0.5) is 0 Å². The number of carbonyl (C=O) groups excluding carboxylic acids is 2. The molecule has 2 aromatic rings. The summed E-state index contributed by atoms with van der Waals surface area (Å²) in [6.07, 6.45) is 2.62. The number of nitrogens with one attached hydrogen (secondary N) is 1. The van der Waals surface area contributed by atoms with Crippen molar-refractivity contribution in [2.75, 3.05) is 0 Å². The number of aromatic nitrogens is 3. The van der Waals surface area contributed by atoms with Crippen molar-refractivity contribution >= 4 is 23.5 Å². The minimum atomic E-state index is -0.785. The number of pyridine rings is 1. The Balaban J connectivity index is 2.25. The molecule has 0 aliphatic rings. The fourth-order valence-electron chi connectivity index (χ4n) is 1.22. The minimum Gasteiger partial charge on any atom is -0.401 e. The Kier molecular flexibility index (Phi) is 3.24. The van der Waals surface area contributed by atoms with E-state index in [-0.39, 0.29) is 22.3 Å². The summed E-state index contributed by atoms with van der Waals surface area (Å²) in [5.41, 5.74) is 5.04. The summed E-state index contributed by atoms with van der Waals surface area (Å²) in [6, 6.07) is 2.97. The van der Waals surface area contributed by atoms with Crippen LogP contribution in [0.5, 0.6) is 5.88 Å². The van der Waals surface area contributed by atoms with Gasteiger partial charge in [0, 0.05) is 6.20 Å². The molecule has 0 saturated heterocycles. The largest absolute Gasteiger partial charge is 0.401 e. The van der Waals surface area contributed by atoms with Crippen molar-refractivity contribution in [1.29, 1.82) is 0 Å². The second kappa shape index (κ2) is 4.84. The van der Waals surface area contributed by atoms with E-state index in [1.807, 2.05) is 0 Å². The van der Waals surface area contributed by atoms with Crippen molar-refractivity contribution in [3.8, 4) is 5.88 Å². The molecular weight excluding hydrogens is 260 g/mol. The normalized spacial score (nSPS) is 10.1. The van der Waals surface area contributed by atoms with E-state index in [1.54, 1.807) is 0 Å². The average Bonchev–Trinajstić information content (AvgIpc) is 2.77. The number of ether oxygens (including phenoxy) is 1. The van der Waals surface area contributed by atoms with E-state index in [2.05, 4.69) is 15.0 Å². The first-order chi connectivity index (χ1) is 8.59. The maximum Gasteiger partial charge on any atom is 0.348 e. The molecule has 7 nitrogen and oxygen atoms in total. The molecular formula is C10H7ClN4O3. The number of nitrogens with zero attached hydrogens (tertiary/aromatic N) is 2. The highest BCUT2D eigenvalue weighted by Gasteiger charge is 2.19. The fraction of sp³-hybridized carbons (Fsp3) is 0. The van der Waals surface area contributed by atoms with Gasteiger partial charge in [-0.05, 0) is 12.1 Å². The van der Waals surface area contributed by atoms with E-state index in [1.165, 1.54) is 24.7 Å². The number of imidazole rings is 1. The number of H-pyrrole nitrogens is 1. The third-order valence-corrected chi connectivity index (χ3v) is 2.32. The number of carbonyl (C=O) groups is 2. The van der Waals surface area contributed by atoms with Crippen molar-refractivity contribution in [2.45, 2.75) is 0 Å². The van der Waals surface area contributed by atoms with Gasteiger partial charge >= 0.3 is 5.97 Å². The lowest BCUT2D eigenvalue weighted by molar-refractivity contribution is 0.0725. The maximum atomic E-state index is 11.8. The molecule has 0 aliphatic heterocycles. The van der Waals surface area contributed by atoms with E-state index in [9.17, 15) is 9.59 Å². The zero-order valence-corrected chi connectivity index (χ0v) is 9.64. The third kappa shape index (κ3) is 2.30. The second-order valence-corrected chi connectivity index (χ2v) is 3.54. The summed E-state index contributed by atoms with van der Waals surface area (Å²) in [5, 5.41) is -0.00124. The van der Waals surface area contributed by atoms with Crippen molar-refractivity contribution in [3.63, 3.8) is 0 Å². The fourth-order valence-corrected chi connectivity index (χ4v) is 1.41. The van der Waals surface area contributed by atoms with Crippen LogP contribution >= 0.6 is 11.6 Å².